The Hall–Kier alpha value is -1.43. The molecule has 0 saturated heterocycles. The number of nitrogens with zero attached hydrogens (tertiary/aromatic N) is 2. The summed E-state index contributed by atoms with van der Waals surface area (Å²) in [5.74, 6) is 0. The van der Waals surface area contributed by atoms with E-state index in [1.54, 1.807) is 12.1 Å². The molecule has 0 saturated carbocycles. The zero-order valence-electron chi connectivity index (χ0n) is 17.8. The molecule has 2 unspecified atom stereocenters. The molecule has 2 nitrogen and oxygen atoms in total. The third-order valence-electron chi connectivity index (χ3n) is 5.19. The molecule has 0 N–H and O–H groups in total. The van der Waals surface area contributed by atoms with Gasteiger partial charge >= 0.3 is 0 Å². The Morgan fingerprint density at radius 1 is 0.514 bits per heavy atom. The van der Waals surface area contributed by atoms with Crippen molar-refractivity contribution in [1.82, 2.24) is 0 Å². The molecular weight excluding hydrogens is 605 g/mol. The Bertz CT molecular complexity index is 1220. The number of para-hydroxylation sites is 2. The Balaban J connectivity index is 0.00000342. The molecule has 35 heavy (non-hydrogen) atoms. The van der Waals surface area contributed by atoms with E-state index in [9.17, 15) is 0 Å². The maximum absolute atomic E-state index is 6.69. The van der Waals surface area contributed by atoms with Crippen molar-refractivity contribution in [1.29, 1.82) is 0 Å². The van der Waals surface area contributed by atoms with E-state index in [1.165, 1.54) is 0 Å². The Labute approximate surface area is 246 Å². The molecule has 0 aliphatic heterocycles. The average Bonchev–Trinajstić information content (AvgIpc) is 2.82. The Kier molecular flexibility index (Phi) is 10.2. The van der Waals surface area contributed by atoms with Gasteiger partial charge in [-0.15, -0.1) is 12.1 Å². The minimum atomic E-state index is -0.624. The van der Waals surface area contributed by atoms with Crippen LogP contribution in [0.25, 0.3) is 10.6 Å². The van der Waals surface area contributed by atoms with Crippen LogP contribution in [-0.4, -0.2) is 0 Å². The Morgan fingerprint density at radius 2 is 0.886 bits per heavy atom. The molecule has 0 spiro atoms. The van der Waals surface area contributed by atoms with Gasteiger partial charge in [-0.1, -0.05) is 119 Å². The molecule has 0 bridgehead atoms. The smallest absolute Gasteiger partial charge is 0.0611 e. The summed E-state index contributed by atoms with van der Waals surface area (Å²) in [5, 5.41) is 11.6. The van der Waals surface area contributed by atoms with E-state index in [4.69, 9.17) is 82.3 Å². The van der Waals surface area contributed by atoms with Gasteiger partial charge in [0.25, 0.3) is 0 Å². The fourth-order valence-electron chi connectivity index (χ4n) is 3.55. The second-order valence-electron chi connectivity index (χ2n) is 7.37. The summed E-state index contributed by atoms with van der Waals surface area (Å²) in [6.45, 7) is 0. The van der Waals surface area contributed by atoms with Crippen molar-refractivity contribution in [3.63, 3.8) is 0 Å². The van der Waals surface area contributed by atoms with Crippen LogP contribution in [0.5, 0.6) is 0 Å². The topological polar surface area (TPSA) is 28.2 Å². The summed E-state index contributed by atoms with van der Waals surface area (Å²) in [6.07, 6.45) is 0. The van der Waals surface area contributed by atoms with Crippen LogP contribution in [0, 0.1) is 0 Å². The van der Waals surface area contributed by atoms with Gasteiger partial charge in [0.1, 0.15) is 0 Å². The van der Waals surface area contributed by atoms with Gasteiger partial charge in [0.2, 0.25) is 0 Å². The van der Waals surface area contributed by atoms with Crippen molar-refractivity contribution in [2.45, 2.75) is 21.9 Å². The second kappa shape index (κ2) is 12.7. The summed E-state index contributed by atoms with van der Waals surface area (Å²) in [6, 6.07) is 24.4. The fourth-order valence-corrected chi connectivity index (χ4v) is 4.78. The quantitative estimate of drug-likeness (QED) is 0.152. The van der Waals surface area contributed by atoms with Crippen LogP contribution < -0.4 is 0 Å². The van der Waals surface area contributed by atoms with E-state index in [-0.39, 0.29) is 16.5 Å². The average molecular weight is 621 g/mol. The van der Waals surface area contributed by atoms with Gasteiger partial charge in [0.05, 0.1) is 20.1 Å². The molecule has 4 aromatic carbocycles. The van der Waals surface area contributed by atoms with Gasteiger partial charge in [-0.2, -0.15) is 21.2 Å². The van der Waals surface area contributed by atoms with E-state index in [0.29, 0.717) is 52.4 Å². The van der Waals surface area contributed by atoms with Crippen LogP contribution in [0.4, 0.5) is 11.4 Å². The van der Waals surface area contributed by atoms with E-state index in [0.717, 1.165) is 0 Å². The molecule has 4 aromatic rings. The minimum absolute atomic E-state index is 0. The fraction of sp³-hybridized carbons (Fsp3) is 0.0769. The third kappa shape index (κ3) is 6.48. The minimum Gasteiger partial charge on any atom is -0.781 e. The Morgan fingerprint density at radius 3 is 1.26 bits per heavy atom. The largest absolute Gasteiger partial charge is 0.781 e. The molecule has 2 atom stereocenters. The van der Waals surface area contributed by atoms with Crippen molar-refractivity contribution < 1.29 is 16.5 Å². The van der Waals surface area contributed by atoms with Crippen LogP contribution >= 0.6 is 46.4 Å². The predicted octanol–water partition coefficient (Wildman–Crippen LogP) is 10.3. The third-order valence-corrected chi connectivity index (χ3v) is 7.54. The number of hydrogen-bond acceptors (Lipinski definition) is 2. The first kappa shape index (κ1) is 28.1. The number of benzene rings is 4. The first-order valence-electron chi connectivity index (χ1n) is 10.2. The molecular formula is C26H16Cl4N2NiS2-4. The van der Waals surface area contributed by atoms with E-state index in [1.807, 2.05) is 72.8 Å². The number of rotatable bonds is 7. The molecule has 0 aliphatic rings. The summed E-state index contributed by atoms with van der Waals surface area (Å²) < 4.78 is 0. The molecule has 9 heteroatoms. The molecule has 4 rings (SSSR count). The van der Waals surface area contributed by atoms with Gasteiger partial charge in [-0.05, 0) is 23.3 Å². The molecule has 0 heterocycles. The van der Waals surface area contributed by atoms with Crippen molar-refractivity contribution in [3.8, 4) is 0 Å². The molecule has 184 valence electrons. The zero-order valence-corrected chi connectivity index (χ0v) is 23.4. The predicted molar refractivity (Wildman–Crippen MR) is 149 cm³/mol. The molecule has 0 radical (unpaired) electrons. The van der Waals surface area contributed by atoms with Crippen LogP contribution in [-0.2, 0) is 41.7 Å². The van der Waals surface area contributed by atoms with Crippen molar-refractivity contribution in [2.75, 3.05) is 0 Å². The first-order chi connectivity index (χ1) is 16.4. The van der Waals surface area contributed by atoms with Crippen LogP contribution in [0.2, 0.25) is 20.1 Å². The van der Waals surface area contributed by atoms with Crippen molar-refractivity contribution >= 4 is 83.0 Å². The van der Waals surface area contributed by atoms with E-state index in [2.05, 4.69) is 0 Å². The summed E-state index contributed by atoms with van der Waals surface area (Å²) in [5.41, 5.74) is 2.62. The van der Waals surface area contributed by atoms with Gasteiger partial charge in [0.15, 0.2) is 0 Å². The standard InChI is InChI=1S/C26H18Cl4N2S2.Ni/c27-17-9-5-7-15(23(17)29)25(31-19-11-1-3-13-21(19)33)26(16-8-6-10-18(28)24(16)30)32-20-12-2-4-14-22(20)34;/h1-14,25-26,33-34H;/q-2;/p-2. The molecule has 0 aromatic heterocycles. The van der Waals surface area contributed by atoms with Crippen LogP contribution in [0.1, 0.15) is 23.2 Å². The maximum Gasteiger partial charge on any atom is 0.0611 e. The van der Waals surface area contributed by atoms with E-state index < -0.39 is 12.1 Å². The summed E-state index contributed by atoms with van der Waals surface area (Å²) >= 11 is 37.2. The monoisotopic (exact) mass is 618 g/mol. The maximum atomic E-state index is 6.69. The van der Waals surface area contributed by atoms with Gasteiger partial charge in [-0.3, -0.25) is 0 Å². The van der Waals surface area contributed by atoms with Crippen LogP contribution in [0.3, 0.4) is 0 Å². The normalized spacial score (nSPS) is 12.3. The van der Waals surface area contributed by atoms with Crippen LogP contribution in [0.15, 0.2) is 94.7 Å². The van der Waals surface area contributed by atoms with Gasteiger partial charge in [0, 0.05) is 16.5 Å². The number of halogens is 4. The zero-order chi connectivity index (χ0) is 24.2. The first-order valence-corrected chi connectivity index (χ1v) is 12.5. The van der Waals surface area contributed by atoms with Crippen molar-refractivity contribution in [2.24, 2.45) is 0 Å². The number of hydrogen-bond donors (Lipinski definition) is 0. The SMILES string of the molecule is [Ni].[S-]c1ccccc1[N-]C(c1cccc(Cl)c1Cl)C([N-]c1ccccc1[S-])c1cccc(Cl)c1Cl. The second-order valence-corrected chi connectivity index (χ2v) is 9.82. The van der Waals surface area contributed by atoms with Gasteiger partial charge < -0.3 is 35.9 Å². The van der Waals surface area contributed by atoms with E-state index >= 15 is 0 Å². The molecule has 0 fully saturated rings. The molecule has 0 amide bonds. The molecule has 0 aliphatic carbocycles. The summed E-state index contributed by atoms with van der Waals surface area (Å²) in [4.78, 5) is 1.20. The van der Waals surface area contributed by atoms with Gasteiger partial charge in [-0.25, -0.2) is 0 Å². The summed E-state index contributed by atoms with van der Waals surface area (Å²) in [7, 11) is 0. The van der Waals surface area contributed by atoms with Crippen molar-refractivity contribution in [3.05, 3.63) is 127 Å².